The van der Waals surface area contributed by atoms with Crippen LogP contribution in [0.2, 0.25) is 0 Å². The van der Waals surface area contributed by atoms with Gasteiger partial charge in [0, 0.05) is 29.8 Å². The van der Waals surface area contributed by atoms with Gasteiger partial charge in [-0.1, -0.05) is 19.1 Å². The largest absolute Gasteiger partial charge is 0.492 e. The highest BCUT2D eigenvalue weighted by molar-refractivity contribution is 6.11. The third-order valence-corrected chi connectivity index (χ3v) is 4.13. The lowest BCUT2D eigenvalue weighted by Gasteiger charge is -2.07. The molecule has 0 bridgehead atoms. The molecule has 2 aromatic heterocycles. The van der Waals surface area contributed by atoms with E-state index < -0.39 is 0 Å². The van der Waals surface area contributed by atoms with Crippen LogP contribution in [-0.2, 0) is 6.42 Å². The Morgan fingerprint density at radius 1 is 1.31 bits per heavy atom. The van der Waals surface area contributed by atoms with Gasteiger partial charge in [-0.2, -0.15) is 0 Å². The standard InChI is InChI=1S/C19H22N4O3/c1-4-15-22-23-19(26-15)17-11(2)16(12(3)21-17)18(24)13-6-5-7-14(10-13)25-9-8-20/h5-7,10,21H,4,8-9,20H2,1-3H3. The van der Waals surface area contributed by atoms with Gasteiger partial charge in [0.15, 0.2) is 5.78 Å². The second-order valence-electron chi connectivity index (χ2n) is 5.97. The van der Waals surface area contributed by atoms with Crippen LogP contribution < -0.4 is 10.5 Å². The number of aromatic nitrogens is 3. The van der Waals surface area contributed by atoms with Crippen LogP contribution in [0.5, 0.6) is 5.75 Å². The number of nitrogens with one attached hydrogen (secondary N) is 1. The minimum atomic E-state index is -0.0871. The van der Waals surface area contributed by atoms with Crippen LogP contribution in [0.1, 0.15) is 40.0 Å². The first-order chi connectivity index (χ1) is 12.5. The molecule has 7 nitrogen and oxygen atoms in total. The van der Waals surface area contributed by atoms with Crippen molar-refractivity contribution in [2.45, 2.75) is 27.2 Å². The number of hydrogen-bond donors (Lipinski definition) is 2. The SMILES string of the molecule is CCc1nnc(-c2[nH]c(C)c(C(=O)c3cccc(OCCN)c3)c2C)o1. The molecule has 1 aromatic carbocycles. The average molecular weight is 354 g/mol. The van der Waals surface area contributed by atoms with Crippen molar-refractivity contribution in [3.05, 3.63) is 52.5 Å². The molecule has 0 spiro atoms. The second kappa shape index (κ2) is 7.53. The van der Waals surface area contributed by atoms with E-state index in [1.54, 1.807) is 24.3 Å². The molecular formula is C19H22N4O3. The number of ketones is 1. The fraction of sp³-hybridized carbons (Fsp3) is 0.316. The van der Waals surface area contributed by atoms with Crippen molar-refractivity contribution in [2.24, 2.45) is 5.73 Å². The zero-order valence-electron chi connectivity index (χ0n) is 15.1. The van der Waals surface area contributed by atoms with E-state index in [1.807, 2.05) is 20.8 Å². The zero-order valence-corrected chi connectivity index (χ0v) is 15.1. The third kappa shape index (κ3) is 3.39. The van der Waals surface area contributed by atoms with Gasteiger partial charge in [-0.05, 0) is 31.5 Å². The summed E-state index contributed by atoms with van der Waals surface area (Å²) in [6.07, 6.45) is 0.660. The number of carbonyl (C=O) groups is 1. The highest BCUT2D eigenvalue weighted by Gasteiger charge is 2.23. The molecule has 2 heterocycles. The van der Waals surface area contributed by atoms with E-state index in [2.05, 4.69) is 15.2 Å². The minimum Gasteiger partial charge on any atom is -0.492 e. The first-order valence-corrected chi connectivity index (χ1v) is 8.54. The number of benzene rings is 1. The van der Waals surface area contributed by atoms with Crippen LogP contribution in [-0.4, -0.2) is 34.1 Å². The van der Waals surface area contributed by atoms with Gasteiger partial charge in [-0.15, -0.1) is 10.2 Å². The van der Waals surface area contributed by atoms with Crippen LogP contribution in [0, 0.1) is 13.8 Å². The number of aromatic amines is 1. The number of carbonyl (C=O) groups excluding carboxylic acids is 1. The predicted octanol–water partition coefficient (Wildman–Crippen LogP) is 2.81. The number of hydrogen-bond acceptors (Lipinski definition) is 6. The number of rotatable bonds is 7. The summed E-state index contributed by atoms with van der Waals surface area (Å²) in [6.45, 7) is 6.49. The molecule has 3 aromatic rings. The zero-order chi connectivity index (χ0) is 18.7. The van der Waals surface area contributed by atoms with Crippen LogP contribution in [0.4, 0.5) is 0 Å². The van der Waals surface area contributed by atoms with Crippen molar-refractivity contribution < 1.29 is 13.9 Å². The number of nitrogens with zero attached hydrogens (tertiary/aromatic N) is 2. The first-order valence-electron chi connectivity index (χ1n) is 8.54. The highest BCUT2D eigenvalue weighted by atomic mass is 16.5. The Morgan fingerprint density at radius 2 is 2.12 bits per heavy atom. The van der Waals surface area contributed by atoms with E-state index in [-0.39, 0.29) is 5.78 Å². The predicted molar refractivity (Wildman–Crippen MR) is 97.4 cm³/mol. The quantitative estimate of drug-likeness (QED) is 0.632. The Morgan fingerprint density at radius 3 is 2.81 bits per heavy atom. The van der Waals surface area contributed by atoms with Crippen molar-refractivity contribution in [3.63, 3.8) is 0 Å². The molecule has 0 fully saturated rings. The maximum atomic E-state index is 13.1. The van der Waals surface area contributed by atoms with Crippen LogP contribution in [0.3, 0.4) is 0 Å². The summed E-state index contributed by atoms with van der Waals surface area (Å²) in [5.74, 6) is 1.48. The molecule has 3 N–H and O–H groups in total. The van der Waals surface area contributed by atoms with Crippen molar-refractivity contribution in [2.75, 3.05) is 13.2 Å². The molecule has 7 heteroatoms. The van der Waals surface area contributed by atoms with E-state index >= 15 is 0 Å². The number of nitrogens with two attached hydrogens (primary N) is 1. The number of ether oxygens (including phenoxy) is 1. The molecule has 0 saturated heterocycles. The molecule has 3 rings (SSSR count). The third-order valence-electron chi connectivity index (χ3n) is 4.13. The molecule has 0 aliphatic carbocycles. The fourth-order valence-corrected chi connectivity index (χ4v) is 2.85. The summed E-state index contributed by atoms with van der Waals surface area (Å²) in [5.41, 5.74) is 8.83. The highest BCUT2D eigenvalue weighted by Crippen LogP contribution is 2.29. The van der Waals surface area contributed by atoms with E-state index in [0.29, 0.717) is 53.9 Å². The molecule has 0 aliphatic rings. The molecule has 0 radical (unpaired) electrons. The lowest BCUT2D eigenvalue weighted by molar-refractivity contribution is 0.103. The van der Waals surface area contributed by atoms with Gasteiger partial charge >= 0.3 is 0 Å². The van der Waals surface area contributed by atoms with Crippen LogP contribution in [0.25, 0.3) is 11.6 Å². The molecule has 0 aliphatic heterocycles. The Labute approximate surface area is 151 Å². The molecule has 0 saturated carbocycles. The van der Waals surface area contributed by atoms with Gasteiger partial charge in [0.1, 0.15) is 18.1 Å². The topological polar surface area (TPSA) is 107 Å². The number of aryl methyl sites for hydroxylation is 2. The van der Waals surface area contributed by atoms with Crippen LogP contribution in [0.15, 0.2) is 28.7 Å². The monoisotopic (exact) mass is 354 g/mol. The Kier molecular flexibility index (Phi) is 5.18. The van der Waals surface area contributed by atoms with Gasteiger partial charge in [-0.3, -0.25) is 4.79 Å². The molecule has 136 valence electrons. The van der Waals surface area contributed by atoms with Gasteiger partial charge < -0.3 is 19.9 Å². The lowest BCUT2D eigenvalue weighted by atomic mass is 9.99. The molecule has 0 unspecified atom stereocenters. The van der Waals surface area contributed by atoms with Crippen LogP contribution >= 0.6 is 0 Å². The summed E-state index contributed by atoms with van der Waals surface area (Å²) < 4.78 is 11.1. The second-order valence-corrected chi connectivity index (χ2v) is 5.97. The molecule has 26 heavy (non-hydrogen) atoms. The van der Waals surface area contributed by atoms with Gasteiger partial charge in [0.2, 0.25) is 5.89 Å². The summed E-state index contributed by atoms with van der Waals surface area (Å²) in [6, 6.07) is 7.10. The van der Waals surface area contributed by atoms with Crippen molar-refractivity contribution in [1.29, 1.82) is 0 Å². The Balaban J connectivity index is 1.95. The average Bonchev–Trinajstić information content (AvgIpc) is 3.24. The van der Waals surface area contributed by atoms with Gasteiger partial charge in [-0.25, -0.2) is 0 Å². The molecule has 0 atom stereocenters. The minimum absolute atomic E-state index is 0.0871. The lowest BCUT2D eigenvalue weighted by Crippen LogP contribution is -2.11. The summed E-state index contributed by atoms with van der Waals surface area (Å²) in [7, 11) is 0. The van der Waals surface area contributed by atoms with Crippen molar-refractivity contribution in [1.82, 2.24) is 15.2 Å². The van der Waals surface area contributed by atoms with Crippen molar-refractivity contribution >= 4 is 5.78 Å². The van der Waals surface area contributed by atoms with E-state index in [4.69, 9.17) is 14.9 Å². The smallest absolute Gasteiger partial charge is 0.264 e. The van der Waals surface area contributed by atoms with Gasteiger partial charge in [0.25, 0.3) is 5.89 Å². The van der Waals surface area contributed by atoms with E-state index in [9.17, 15) is 4.79 Å². The Hall–Kier alpha value is -2.93. The van der Waals surface area contributed by atoms with Gasteiger partial charge in [0.05, 0.1) is 0 Å². The van der Waals surface area contributed by atoms with E-state index in [1.165, 1.54) is 0 Å². The molecule has 0 amide bonds. The van der Waals surface area contributed by atoms with Crippen molar-refractivity contribution in [3.8, 4) is 17.3 Å². The summed E-state index contributed by atoms with van der Waals surface area (Å²) in [5, 5.41) is 8.05. The summed E-state index contributed by atoms with van der Waals surface area (Å²) >= 11 is 0. The Bertz CT molecular complexity index is 927. The maximum absolute atomic E-state index is 13.1. The maximum Gasteiger partial charge on any atom is 0.264 e. The molecular weight excluding hydrogens is 332 g/mol. The first kappa shape index (κ1) is 17.9. The summed E-state index contributed by atoms with van der Waals surface area (Å²) in [4.78, 5) is 16.3. The normalized spacial score (nSPS) is 10.9. The fourth-order valence-electron chi connectivity index (χ4n) is 2.85. The van der Waals surface area contributed by atoms with E-state index in [0.717, 1.165) is 11.3 Å². The number of H-pyrrole nitrogens is 1.